The number of likely N-dealkylation sites (N-methyl/N-ethyl adjacent to an activating group) is 1. The van der Waals surface area contributed by atoms with Crippen molar-refractivity contribution in [3.63, 3.8) is 0 Å². The molecule has 2 aliphatic rings. The van der Waals surface area contributed by atoms with Crippen LogP contribution in [0.1, 0.15) is 49.7 Å². The number of likely N-dealkylation sites (tertiary alicyclic amines) is 1. The summed E-state index contributed by atoms with van der Waals surface area (Å²) < 4.78 is 1.29. The predicted octanol–water partition coefficient (Wildman–Crippen LogP) is 5.04. The molecule has 0 N–H and O–H groups in total. The van der Waals surface area contributed by atoms with Crippen LogP contribution in [0.15, 0.2) is 23.6 Å². The van der Waals surface area contributed by atoms with Gasteiger partial charge in [0.1, 0.15) is 0 Å². The van der Waals surface area contributed by atoms with Crippen LogP contribution >= 0.6 is 23.7 Å². The van der Waals surface area contributed by atoms with Crippen LogP contribution in [-0.4, -0.2) is 47.9 Å². The summed E-state index contributed by atoms with van der Waals surface area (Å²) in [6.07, 6.45) is 8.16. The molecule has 1 aliphatic heterocycles. The van der Waals surface area contributed by atoms with Gasteiger partial charge in [0.2, 0.25) is 5.91 Å². The SMILES string of the molecule is Cc1ccc2scc(CC(=O)N(C)[C@@H]3CCCC[C@H]3N3CCCC3)c2c1.Cl. The maximum atomic E-state index is 13.1. The molecule has 0 unspecified atom stereocenters. The Labute approximate surface area is 173 Å². The Bertz CT molecular complexity index is 784. The van der Waals surface area contributed by atoms with E-state index in [0.717, 1.165) is 6.42 Å². The molecule has 1 aromatic heterocycles. The van der Waals surface area contributed by atoms with E-state index < -0.39 is 0 Å². The third-order valence-electron chi connectivity index (χ3n) is 6.35. The van der Waals surface area contributed by atoms with Crippen molar-refractivity contribution >= 4 is 39.7 Å². The summed E-state index contributed by atoms with van der Waals surface area (Å²) in [5.41, 5.74) is 2.46. The zero-order chi connectivity index (χ0) is 18.1. The average molecular weight is 407 g/mol. The van der Waals surface area contributed by atoms with Gasteiger partial charge in [-0.05, 0) is 68.1 Å². The van der Waals surface area contributed by atoms with Gasteiger partial charge in [0.25, 0.3) is 0 Å². The monoisotopic (exact) mass is 406 g/mol. The zero-order valence-electron chi connectivity index (χ0n) is 16.4. The van der Waals surface area contributed by atoms with Crippen LogP contribution in [0, 0.1) is 6.92 Å². The summed E-state index contributed by atoms with van der Waals surface area (Å²) in [6.45, 7) is 4.56. The Balaban J connectivity index is 0.00000210. The molecule has 0 bridgehead atoms. The highest BCUT2D eigenvalue weighted by Crippen LogP contribution is 2.31. The fraction of sp³-hybridized carbons (Fsp3) is 0.591. The van der Waals surface area contributed by atoms with Gasteiger partial charge in [0, 0.05) is 23.8 Å². The highest BCUT2D eigenvalue weighted by molar-refractivity contribution is 7.17. The van der Waals surface area contributed by atoms with Gasteiger partial charge in [-0.1, -0.05) is 30.5 Å². The summed E-state index contributed by atoms with van der Waals surface area (Å²) in [7, 11) is 2.04. The predicted molar refractivity (Wildman–Crippen MR) is 117 cm³/mol. The van der Waals surface area contributed by atoms with E-state index in [-0.39, 0.29) is 18.3 Å². The second-order valence-electron chi connectivity index (χ2n) is 8.10. The maximum absolute atomic E-state index is 13.1. The second-order valence-corrected chi connectivity index (χ2v) is 9.02. The Morgan fingerprint density at radius 1 is 1.19 bits per heavy atom. The van der Waals surface area contributed by atoms with Gasteiger partial charge in [-0.2, -0.15) is 0 Å². The first-order chi connectivity index (χ1) is 12.6. The molecule has 0 radical (unpaired) electrons. The van der Waals surface area contributed by atoms with Crippen molar-refractivity contribution in [2.24, 2.45) is 0 Å². The number of hydrogen-bond acceptors (Lipinski definition) is 3. The summed E-state index contributed by atoms with van der Waals surface area (Å²) in [5, 5.41) is 3.44. The lowest BCUT2D eigenvalue weighted by Gasteiger charge is -2.42. The minimum absolute atomic E-state index is 0. The van der Waals surface area contributed by atoms with Gasteiger partial charge in [0.05, 0.1) is 6.42 Å². The quantitative estimate of drug-likeness (QED) is 0.710. The van der Waals surface area contributed by atoms with Crippen LogP contribution in [-0.2, 0) is 11.2 Å². The second kappa shape index (κ2) is 8.93. The molecule has 2 atom stereocenters. The lowest BCUT2D eigenvalue weighted by molar-refractivity contribution is -0.133. The number of rotatable bonds is 4. The van der Waals surface area contributed by atoms with E-state index >= 15 is 0 Å². The zero-order valence-corrected chi connectivity index (χ0v) is 18.1. The smallest absolute Gasteiger partial charge is 0.227 e. The summed E-state index contributed by atoms with van der Waals surface area (Å²) in [6, 6.07) is 7.52. The summed E-state index contributed by atoms with van der Waals surface area (Å²) >= 11 is 1.75. The van der Waals surface area contributed by atoms with Crippen molar-refractivity contribution < 1.29 is 4.79 Å². The highest BCUT2D eigenvalue weighted by Gasteiger charge is 2.35. The van der Waals surface area contributed by atoms with E-state index in [1.807, 2.05) is 7.05 Å². The van der Waals surface area contributed by atoms with Crippen LogP contribution in [0.25, 0.3) is 10.1 Å². The van der Waals surface area contributed by atoms with E-state index in [9.17, 15) is 4.79 Å². The fourth-order valence-corrected chi connectivity index (χ4v) is 5.79. The Morgan fingerprint density at radius 2 is 1.93 bits per heavy atom. The van der Waals surface area contributed by atoms with Crippen LogP contribution in [0.5, 0.6) is 0 Å². The third kappa shape index (κ3) is 4.33. The molecule has 2 fully saturated rings. The van der Waals surface area contributed by atoms with E-state index in [0.29, 0.717) is 18.5 Å². The lowest BCUT2D eigenvalue weighted by Crippen LogP contribution is -2.53. The largest absolute Gasteiger partial charge is 0.341 e. The maximum Gasteiger partial charge on any atom is 0.227 e. The average Bonchev–Trinajstić information content (AvgIpc) is 3.31. The first-order valence-corrected chi connectivity index (χ1v) is 11.0. The number of nitrogens with zero attached hydrogens (tertiary/aromatic N) is 2. The van der Waals surface area contributed by atoms with Crippen molar-refractivity contribution in [1.29, 1.82) is 0 Å². The first-order valence-electron chi connectivity index (χ1n) is 10.1. The molecule has 5 heteroatoms. The minimum Gasteiger partial charge on any atom is -0.341 e. The minimum atomic E-state index is 0. The van der Waals surface area contributed by atoms with Crippen LogP contribution in [0.3, 0.4) is 0 Å². The number of fused-ring (bicyclic) bond motifs is 1. The Morgan fingerprint density at radius 3 is 2.70 bits per heavy atom. The van der Waals surface area contributed by atoms with Gasteiger partial charge >= 0.3 is 0 Å². The first kappa shape index (κ1) is 20.6. The van der Waals surface area contributed by atoms with Crippen LogP contribution < -0.4 is 0 Å². The van der Waals surface area contributed by atoms with E-state index in [1.54, 1.807) is 11.3 Å². The molecular weight excluding hydrogens is 376 g/mol. The Kier molecular flexibility index (Phi) is 6.83. The van der Waals surface area contributed by atoms with Gasteiger partial charge in [-0.3, -0.25) is 9.69 Å². The molecule has 1 amide bonds. The lowest BCUT2D eigenvalue weighted by atomic mass is 9.88. The number of benzene rings is 1. The van der Waals surface area contributed by atoms with E-state index in [4.69, 9.17) is 0 Å². The van der Waals surface area contributed by atoms with E-state index in [1.165, 1.54) is 66.4 Å². The molecule has 0 spiro atoms. The van der Waals surface area contributed by atoms with Crippen molar-refractivity contribution in [1.82, 2.24) is 9.80 Å². The molecule has 2 heterocycles. The molecule has 1 saturated carbocycles. The van der Waals surface area contributed by atoms with Crippen molar-refractivity contribution in [3.05, 3.63) is 34.7 Å². The van der Waals surface area contributed by atoms with Crippen molar-refractivity contribution in [3.8, 4) is 0 Å². The van der Waals surface area contributed by atoms with Gasteiger partial charge in [-0.25, -0.2) is 0 Å². The molecule has 3 nitrogen and oxygen atoms in total. The molecular formula is C22H31ClN2OS. The highest BCUT2D eigenvalue weighted by atomic mass is 35.5. The molecule has 27 heavy (non-hydrogen) atoms. The fourth-order valence-electron chi connectivity index (χ4n) is 4.85. The number of hydrogen-bond donors (Lipinski definition) is 0. The number of amides is 1. The normalized spacial score (nSPS) is 23.3. The van der Waals surface area contributed by atoms with Gasteiger partial charge in [-0.15, -0.1) is 23.7 Å². The molecule has 2 aromatic rings. The van der Waals surface area contributed by atoms with Crippen LogP contribution in [0.4, 0.5) is 0 Å². The van der Waals surface area contributed by atoms with Gasteiger partial charge < -0.3 is 4.90 Å². The van der Waals surface area contributed by atoms with Crippen molar-refractivity contribution in [2.75, 3.05) is 20.1 Å². The number of halogens is 1. The third-order valence-corrected chi connectivity index (χ3v) is 7.36. The molecule has 148 valence electrons. The topological polar surface area (TPSA) is 23.6 Å². The van der Waals surface area contributed by atoms with E-state index in [2.05, 4.69) is 40.3 Å². The molecule has 4 rings (SSSR count). The number of aryl methyl sites for hydroxylation is 1. The summed E-state index contributed by atoms with van der Waals surface area (Å²) in [5.74, 6) is 0.280. The molecule has 1 aromatic carbocycles. The van der Waals surface area contributed by atoms with Crippen molar-refractivity contribution in [2.45, 2.75) is 64.0 Å². The summed E-state index contributed by atoms with van der Waals surface area (Å²) in [4.78, 5) is 17.8. The standard InChI is InChI=1S/C22H30N2OS.ClH/c1-16-9-10-21-18(13-16)17(15-26-21)14-22(25)23(2)19-7-3-4-8-20(19)24-11-5-6-12-24;/h9-10,13,15,19-20H,3-8,11-12,14H2,1-2H3;1H/t19-,20-;/m1./s1. The number of thiophene rings is 1. The Hall–Kier alpha value is -1.10. The number of carbonyl (C=O) groups excluding carboxylic acids is 1. The number of carbonyl (C=O) groups is 1. The molecule has 1 aliphatic carbocycles. The van der Waals surface area contributed by atoms with Crippen LogP contribution in [0.2, 0.25) is 0 Å². The molecule has 1 saturated heterocycles. The van der Waals surface area contributed by atoms with Gasteiger partial charge in [0.15, 0.2) is 0 Å².